The Balaban J connectivity index is 2.42. The Labute approximate surface area is 124 Å². The Morgan fingerprint density at radius 2 is 2.10 bits per heavy atom. The van der Waals surface area contributed by atoms with E-state index in [1.807, 2.05) is 6.92 Å². The summed E-state index contributed by atoms with van der Waals surface area (Å²) in [5, 5.41) is 3.25. The van der Waals surface area contributed by atoms with E-state index in [1.165, 1.54) is 7.11 Å². The van der Waals surface area contributed by atoms with Crippen LogP contribution in [0.3, 0.4) is 0 Å². The van der Waals surface area contributed by atoms with E-state index in [2.05, 4.69) is 10.3 Å². The van der Waals surface area contributed by atoms with Gasteiger partial charge in [0.2, 0.25) is 0 Å². The first kappa shape index (κ1) is 15.8. The van der Waals surface area contributed by atoms with Crippen molar-refractivity contribution in [2.45, 2.75) is 19.6 Å². The summed E-state index contributed by atoms with van der Waals surface area (Å²) < 4.78 is 44.2. The monoisotopic (exact) mass is 316 g/mol. The lowest BCUT2D eigenvalue weighted by molar-refractivity contribution is -0.141. The van der Waals surface area contributed by atoms with E-state index >= 15 is 0 Å². The summed E-state index contributed by atoms with van der Waals surface area (Å²) in [5.41, 5.74) is -0.195. The Bertz CT molecular complexity index is 611. The van der Waals surface area contributed by atoms with Crippen LogP contribution >= 0.6 is 11.3 Å². The van der Waals surface area contributed by atoms with Crippen LogP contribution in [-0.4, -0.2) is 18.6 Å². The highest BCUT2D eigenvalue weighted by Crippen LogP contribution is 2.38. The van der Waals surface area contributed by atoms with Crippen LogP contribution in [0, 0.1) is 0 Å². The van der Waals surface area contributed by atoms with Crippen LogP contribution in [0.2, 0.25) is 0 Å². The van der Waals surface area contributed by atoms with E-state index in [1.54, 1.807) is 24.3 Å². The third kappa shape index (κ3) is 3.74. The molecule has 0 aliphatic heterocycles. The van der Waals surface area contributed by atoms with Gasteiger partial charge in [0.25, 0.3) is 0 Å². The smallest absolute Gasteiger partial charge is 0.434 e. The molecule has 7 heteroatoms. The summed E-state index contributed by atoms with van der Waals surface area (Å²) in [7, 11) is 1.51. The normalized spacial score (nSPS) is 11.7. The fourth-order valence-electron chi connectivity index (χ4n) is 1.81. The lowest BCUT2D eigenvalue weighted by Gasteiger charge is -2.05. The fourth-order valence-corrected chi connectivity index (χ4v) is 2.86. The van der Waals surface area contributed by atoms with E-state index in [9.17, 15) is 13.2 Å². The molecule has 0 aliphatic rings. The van der Waals surface area contributed by atoms with Gasteiger partial charge in [0.05, 0.1) is 12.0 Å². The summed E-state index contributed by atoms with van der Waals surface area (Å²) in [5.74, 6) is 0.587. The first-order chi connectivity index (χ1) is 9.95. The highest BCUT2D eigenvalue weighted by molar-refractivity contribution is 7.15. The molecule has 2 aromatic rings. The Morgan fingerprint density at radius 1 is 1.33 bits per heavy atom. The molecule has 0 saturated carbocycles. The third-order valence-electron chi connectivity index (χ3n) is 2.82. The zero-order chi connectivity index (χ0) is 15.5. The molecular weight excluding hydrogens is 301 g/mol. The number of benzene rings is 1. The van der Waals surface area contributed by atoms with Gasteiger partial charge in [0.1, 0.15) is 10.8 Å². The van der Waals surface area contributed by atoms with Crippen molar-refractivity contribution in [3.05, 3.63) is 34.8 Å². The first-order valence-electron chi connectivity index (χ1n) is 6.37. The molecule has 0 radical (unpaired) electrons. The number of hydrogen-bond donors (Lipinski definition) is 1. The minimum atomic E-state index is -4.45. The van der Waals surface area contributed by atoms with Crippen molar-refractivity contribution in [3.8, 4) is 16.3 Å². The molecule has 0 aliphatic carbocycles. The molecule has 2 rings (SSSR count). The van der Waals surface area contributed by atoms with Crippen molar-refractivity contribution in [2.24, 2.45) is 0 Å². The second-order valence-electron chi connectivity index (χ2n) is 4.30. The molecule has 3 nitrogen and oxygen atoms in total. The van der Waals surface area contributed by atoms with Gasteiger partial charge in [-0.1, -0.05) is 19.1 Å². The van der Waals surface area contributed by atoms with Crippen molar-refractivity contribution >= 4 is 11.3 Å². The van der Waals surface area contributed by atoms with Crippen LogP contribution in [0.25, 0.3) is 10.6 Å². The number of hydrogen-bond acceptors (Lipinski definition) is 4. The molecule has 114 valence electrons. The summed E-state index contributed by atoms with van der Waals surface area (Å²) in [4.78, 5) is 3.97. The van der Waals surface area contributed by atoms with Gasteiger partial charge in [-0.25, -0.2) is 4.98 Å². The average molecular weight is 316 g/mol. The fraction of sp³-hybridized carbons (Fsp3) is 0.357. The number of nitrogens with one attached hydrogen (secondary N) is 1. The van der Waals surface area contributed by atoms with Crippen molar-refractivity contribution < 1.29 is 17.9 Å². The zero-order valence-electron chi connectivity index (χ0n) is 11.6. The van der Waals surface area contributed by atoms with Gasteiger partial charge in [-0.2, -0.15) is 13.2 Å². The van der Waals surface area contributed by atoms with Crippen LogP contribution in [-0.2, 0) is 12.7 Å². The number of methoxy groups -OCH3 is 1. The predicted molar refractivity (Wildman–Crippen MR) is 76.5 cm³/mol. The number of alkyl halides is 3. The minimum absolute atomic E-state index is 0.160. The molecule has 0 atom stereocenters. The van der Waals surface area contributed by atoms with Crippen LogP contribution in [0.1, 0.15) is 17.5 Å². The molecule has 0 fully saturated rings. The molecule has 1 aromatic heterocycles. The lowest BCUT2D eigenvalue weighted by atomic mass is 10.2. The maximum Gasteiger partial charge on any atom is 0.434 e. The molecule has 0 unspecified atom stereocenters. The minimum Gasteiger partial charge on any atom is -0.497 e. The standard InChI is InChI=1S/C14H15F3N2OS/c1-3-18-8-11-12(14(15,16)17)19-13(21-11)9-5-4-6-10(7-9)20-2/h4-7,18H,3,8H2,1-2H3. The van der Waals surface area contributed by atoms with Crippen LogP contribution in [0.5, 0.6) is 5.75 Å². The molecule has 1 N–H and O–H groups in total. The average Bonchev–Trinajstić information content (AvgIpc) is 2.89. The topological polar surface area (TPSA) is 34.1 Å². The second-order valence-corrected chi connectivity index (χ2v) is 5.38. The Morgan fingerprint density at radius 3 is 2.71 bits per heavy atom. The Hall–Kier alpha value is -1.60. The maximum absolute atomic E-state index is 13.0. The lowest BCUT2D eigenvalue weighted by Crippen LogP contribution is -2.15. The molecule has 21 heavy (non-hydrogen) atoms. The van der Waals surface area contributed by atoms with E-state index < -0.39 is 11.9 Å². The van der Waals surface area contributed by atoms with Crippen molar-refractivity contribution in [1.82, 2.24) is 10.3 Å². The quantitative estimate of drug-likeness (QED) is 0.907. The number of thiazole rings is 1. The van der Waals surface area contributed by atoms with Crippen molar-refractivity contribution in [1.29, 1.82) is 0 Å². The Kier molecular flexibility index (Phi) is 4.84. The number of ether oxygens (including phenoxy) is 1. The van der Waals surface area contributed by atoms with E-state index in [4.69, 9.17) is 4.74 Å². The second kappa shape index (κ2) is 6.44. The number of halogens is 3. The molecule has 1 aromatic carbocycles. The largest absolute Gasteiger partial charge is 0.497 e. The summed E-state index contributed by atoms with van der Waals surface area (Å²) in [6.07, 6.45) is -4.45. The van der Waals surface area contributed by atoms with Gasteiger partial charge in [0, 0.05) is 12.1 Å². The highest BCUT2D eigenvalue weighted by Gasteiger charge is 2.37. The van der Waals surface area contributed by atoms with Crippen molar-refractivity contribution in [3.63, 3.8) is 0 Å². The molecule has 0 saturated heterocycles. The first-order valence-corrected chi connectivity index (χ1v) is 7.19. The third-order valence-corrected chi connectivity index (χ3v) is 3.92. The summed E-state index contributed by atoms with van der Waals surface area (Å²) in [6.45, 7) is 2.61. The van der Waals surface area contributed by atoms with E-state index in [-0.39, 0.29) is 11.4 Å². The van der Waals surface area contributed by atoms with Gasteiger partial charge in [-0.15, -0.1) is 11.3 Å². The number of rotatable bonds is 5. The number of nitrogens with zero attached hydrogens (tertiary/aromatic N) is 1. The molecule has 0 spiro atoms. The van der Waals surface area contributed by atoms with Gasteiger partial charge in [0.15, 0.2) is 5.69 Å². The van der Waals surface area contributed by atoms with E-state index in [0.717, 1.165) is 11.3 Å². The van der Waals surface area contributed by atoms with Gasteiger partial charge < -0.3 is 10.1 Å². The van der Waals surface area contributed by atoms with Crippen LogP contribution in [0.4, 0.5) is 13.2 Å². The van der Waals surface area contributed by atoms with Crippen LogP contribution < -0.4 is 10.1 Å². The van der Waals surface area contributed by atoms with E-state index in [0.29, 0.717) is 22.9 Å². The summed E-state index contributed by atoms with van der Waals surface area (Å²) >= 11 is 1.05. The van der Waals surface area contributed by atoms with Gasteiger partial charge >= 0.3 is 6.18 Å². The van der Waals surface area contributed by atoms with Gasteiger partial charge in [-0.05, 0) is 18.7 Å². The predicted octanol–water partition coefficient (Wildman–Crippen LogP) is 3.95. The maximum atomic E-state index is 13.0. The van der Waals surface area contributed by atoms with Crippen LogP contribution in [0.15, 0.2) is 24.3 Å². The van der Waals surface area contributed by atoms with Crippen molar-refractivity contribution in [2.75, 3.05) is 13.7 Å². The zero-order valence-corrected chi connectivity index (χ0v) is 12.4. The molecule has 0 bridgehead atoms. The highest BCUT2D eigenvalue weighted by atomic mass is 32.1. The number of aromatic nitrogens is 1. The molecule has 0 amide bonds. The molecular formula is C14H15F3N2OS. The van der Waals surface area contributed by atoms with Gasteiger partial charge in [-0.3, -0.25) is 0 Å². The SMILES string of the molecule is CCNCc1sc(-c2cccc(OC)c2)nc1C(F)(F)F. The summed E-state index contributed by atoms with van der Waals surface area (Å²) in [6, 6.07) is 6.86. The molecule has 1 heterocycles.